The maximum absolute atomic E-state index is 10.9. The molecule has 4 heteroatoms. The summed E-state index contributed by atoms with van der Waals surface area (Å²) < 4.78 is 6.02. The molecule has 1 N–H and O–H groups in total. The van der Waals surface area contributed by atoms with Crippen LogP contribution in [0.2, 0.25) is 0 Å². The van der Waals surface area contributed by atoms with Gasteiger partial charge in [0.15, 0.2) is 0 Å². The van der Waals surface area contributed by atoms with Crippen molar-refractivity contribution < 1.29 is 14.6 Å². The van der Waals surface area contributed by atoms with Crippen LogP contribution < -0.4 is 4.74 Å². The van der Waals surface area contributed by atoms with E-state index in [1.807, 2.05) is 0 Å². The minimum atomic E-state index is -0.669. The number of carboxylic acids is 1. The van der Waals surface area contributed by atoms with E-state index in [2.05, 4.69) is 49.9 Å². The molecule has 4 nitrogen and oxygen atoms in total. The van der Waals surface area contributed by atoms with E-state index in [-0.39, 0.29) is 12.0 Å². The fraction of sp³-hybridized carbons (Fsp3) is 0.571. The fourth-order valence-corrected chi connectivity index (χ4v) is 3.79. The lowest BCUT2D eigenvalue weighted by molar-refractivity contribution is -0.147. The zero-order valence-electron chi connectivity index (χ0n) is 15.5. The molecule has 0 bridgehead atoms. The molecule has 0 radical (unpaired) electrons. The highest BCUT2D eigenvalue weighted by Gasteiger charge is 2.33. The van der Waals surface area contributed by atoms with Gasteiger partial charge in [-0.3, -0.25) is 9.69 Å². The van der Waals surface area contributed by atoms with Crippen molar-refractivity contribution in [2.45, 2.75) is 46.1 Å². The average molecular weight is 343 g/mol. The van der Waals surface area contributed by atoms with Crippen molar-refractivity contribution in [1.82, 2.24) is 4.90 Å². The fourth-order valence-electron chi connectivity index (χ4n) is 3.79. The lowest BCUT2D eigenvalue weighted by atomic mass is 9.83. The van der Waals surface area contributed by atoms with Crippen LogP contribution in [0.15, 0.2) is 23.8 Å². The maximum atomic E-state index is 10.9. The van der Waals surface area contributed by atoms with Gasteiger partial charge in [-0.25, -0.2) is 0 Å². The Morgan fingerprint density at radius 3 is 2.84 bits per heavy atom. The number of fused-ring (bicyclic) bond motifs is 1. The van der Waals surface area contributed by atoms with E-state index in [0.29, 0.717) is 19.0 Å². The zero-order chi connectivity index (χ0) is 18.0. The van der Waals surface area contributed by atoms with Gasteiger partial charge in [-0.15, -0.1) is 0 Å². The Kier molecular flexibility index (Phi) is 5.48. The third kappa shape index (κ3) is 4.24. The van der Waals surface area contributed by atoms with Gasteiger partial charge in [0.2, 0.25) is 0 Å². The third-order valence-electron chi connectivity index (χ3n) is 5.36. The van der Waals surface area contributed by atoms with Gasteiger partial charge in [0.05, 0.1) is 12.0 Å². The summed E-state index contributed by atoms with van der Waals surface area (Å²) in [7, 11) is 0. The zero-order valence-corrected chi connectivity index (χ0v) is 15.5. The monoisotopic (exact) mass is 343 g/mol. The smallest absolute Gasteiger partial charge is 0.309 e. The highest BCUT2D eigenvalue weighted by Crippen LogP contribution is 2.32. The van der Waals surface area contributed by atoms with Gasteiger partial charge >= 0.3 is 5.97 Å². The molecule has 25 heavy (non-hydrogen) atoms. The van der Waals surface area contributed by atoms with Crippen molar-refractivity contribution in [2.24, 2.45) is 11.8 Å². The van der Waals surface area contributed by atoms with E-state index in [0.717, 1.165) is 31.6 Å². The highest BCUT2D eigenvalue weighted by molar-refractivity contribution is 5.71. The Morgan fingerprint density at radius 1 is 1.40 bits per heavy atom. The summed E-state index contributed by atoms with van der Waals surface area (Å²) in [4.78, 5) is 13.2. The normalized spacial score (nSPS) is 21.9. The topological polar surface area (TPSA) is 49.8 Å². The van der Waals surface area contributed by atoms with Gasteiger partial charge < -0.3 is 9.84 Å². The molecular formula is C21H29NO3. The van der Waals surface area contributed by atoms with Crippen molar-refractivity contribution in [3.63, 3.8) is 0 Å². The third-order valence-corrected chi connectivity index (χ3v) is 5.36. The van der Waals surface area contributed by atoms with Crippen LogP contribution in [0, 0.1) is 11.8 Å². The summed E-state index contributed by atoms with van der Waals surface area (Å²) >= 11 is 0. The molecule has 136 valence electrons. The van der Waals surface area contributed by atoms with Crippen LogP contribution in [-0.2, 0) is 11.2 Å². The lowest BCUT2D eigenvalue weighted by Crippen LogP contribution is -2.51. The molecule has 1 fully saturated rings. The average Bonchev–Trinajstić information content (AvgIpc) is 2.50. The number of carbonyl (C=O) groups is 1. The van der Waals surface area contributed by atoms with Crippen LogP contribution in [0.1, 0.15) is 44.7 Å². The molecule has 0 aromatic heterocycles. The highest BCUT2D eigenvalue weighted by atomic mass is 16.5. The number of nitrogens with zero attached hydrogens (tertiary/aromatic N) is 1. The number of hydrogen-bond donors (Lipinski definition) is 1. The minimum Gasteiger partial charge on any atom is -0.491 e. The van der Waals surface area contributed by atoms with Gasteiger partial charge in [-0.2, -0.15) is 0 Å². The Labute approximate surface area is 150 Å². The van der Waals surface area contributed by atoms with Crippen molar-refractivity contribution in [2.75, 3.05) is 19.6 Å². The molecule has 2 atom stereocenters. The number of carboxylic acid groups (broad SMARTS) is 1. The summed E-state index contributed by atoms with van der Waals surface area (Å²) in [5.74, 6) is 0.601. The standard InChI is InChI=1S/C21H29NO3/c1-4-5-15(3)25-20-7-6-16-9-18(14(2)8-17(16)10-20)11-22-12-19(13-22)21(23)24/h6-7,9-10,14-15,19H,4-5,8,11-13H2,1-3H3,(H,23,24)/t14-,15-/m1/s1. The molecule has 0 unspecified atom stereocenters. The first-order valence-electron chi connectivity index (χ1n) is 9.41. The number of likely N-dealkylation sites (tertiary alicyclic amines) is 1. The van der Waals surface area contributed by atoms with E-state index in [1.165, 1.54) is 16.7 Å². The molecule has 2 aliphatic rings. The Morgan fingerprint density at radius 2 is 2.16 bits per heavy atom. The molecule has 3 rings (SSSR count). The maximum Gasteiger partial charge on any atom is 0.309 e. The first-order chi connectivity index (χ1) is 12.0. The summed E-state index contributed by atoms with van der Waals surface area (Å²) in [6.45, 7) is 8.80. The number of benzene rings is 1. The Balaban J connectivity index is 1.65. The predicted octanol–water partition coefficient (Wildman–Crippen LogP) is 3.85. The van der Waals surface area contributed by atoms with Crippen molar-refractivity contribution in [1.29, 1.82) is 0 Å². The predicted molar refractivity (Wildman–Crippen MR) is 99.9 cm³/mol. The first-order valence-corrected chi connectivity index (χ1v) is 9.41. The van der Waals surface area contributed by atoms with Crippen LogP contribution in [0.5, 0.6) is 5.75 Å². The second kappa shape index (κ2) is 7.61. The molecule has 1 aliphatic carbocycles. The lowest BCUT2D eigenvalue weighted by Gasteiger charge is -2.38. The second-order valence-corrected chi connectivity index (χ2v) is 7.63. The molecule has 0 amide bonds. The molecule has 1 aromatic rings. The van der Waals surface area contributed by atoms with Crippen LogP contribution in [0.3, 0.4) is 0 Å². The van der Waals surface area contributed by atoms with E-state index < -0.39 is 5.97 Å². The number of rotatable bonds is 7. The van der Waals surface area contributed by atoms with Gasteiger partial charge in [-0.1, -0.05) is 38.0 Å². The largest absolute Gasteiger partial charge is 0.491 e. The van der Waals surface area contributed by atoms with E-state index >= 15 is 0 Å². The Bertz CT molecular complexity index is 661. The second-order valence-electron chi connectivity index (χ2n) is 7.63. The summed E-state index contributed by atoms with van der Waals surface area (Å²) in [5.41, 5.74) is 4.03. The van der Waals surface area contributed by atoms with E-state index in [4.69, 9.17) is 9.84 Å². The van der Waals surface area contributed by atoms with Gasteiger partial charge in [-0.05, 0) is 48.9 Å². The summed E-state index contributed by atoms with van der Waals surface area (Å²) in [6, 6.07) is 6.42. The van der Waals surface area contributed by atoms with Crippen molar-refractivity contribution >= 4 is 12.0 Å². The van der Waals surface area contributed by atoms with Crippen LogP contribution in [-0.4, -0.2) is 41.7 Å². The number of hydrogen-bond acceptors (Lipinski definition) is 3. The molecule has 1 saturated heterocycles. The molecule has 0 saturated carbocycles. The molecular weight excluding hydrogens is 314 g/mol. The quantitative estimate of drug-likeness (QED) is 0.817. The molecule has 1 aliphatic heterocycles. The minimum absolute atomic E-state index is 0.184. The molecule has 1 aromatic carbocycles. The van der Waals surface area contributed by atoms with E-state index in [9.17, 15) is 4.79 Å². The van der Waals surface area contributed by atoms with Gasteiger partial charge in [0.25, 0.3) is 0 Å². The van der Waals surface area contributed by atoms with Crippen molar-refractivity contribution in [3.8, 4) is 5.75 Å². The SMILES string of the molecule is CCC[C@@H](C)Oc1ccc2c(c1)C[C@@H](C)C(CN1CC(C(=O)O)C1)=C2. The summed E-state index contributed by atoms with van der Waals surface area (Å²) in [6.07, 6.45) is 5.77. The number of aliphatic carboxylic acids is 1. The number of ether oxygens (including phenoxy) is 1. The molecule has 1 heterocycles. The van der Waals surface area contributed by atoms with Gasteiger partial charge in [0.1, 0.15) is 5.75 Å². The summed E-state index contributed by atoms with van der Waals surface area (Å²) in [5, 5.41) is 9.01. The van der Waals surface area contributed by atoms with Gasteiger partial charge in [0, 0.05) is 19.6 Å². The van der Waals surface area contributed by atoms with Crippen LogP contribution in [0.4, 0.5) is 0 Å². The van der Waals surface area contributed by atoms with Crippen molar-refractivity contribution in [3.05, 3.63) is 34.9 Å². The Hall–Kier alpha value is -1.81. The van der Waals surface area contributed by atoms with E-state index in [1.54, 1.807) is 0 Å². The first kappa shape index (κ1) is 18.0. The van der Waals surface area contributed by atoms with Crippen LogP contribution in [0.25, 0.3) is 6.08 Å². The van der Waals surface area contributed by atoms with Crippen LogP contribution >= 0.6 is 0 Å². The molecule has 0 spiro atoms.